The molecular formula is C12H14N2. The van der Waals surface area contributed by atoms with Gasteiger partial charge in [0.2, 0.25) is 0 Å². The zero-order valence-electron chi connectivity index (χ0n) is 8.51. The summed E-state index contributed by atoms with van der Waals surface area (Å²) in [5.41, 5.74) is 2.14. The van der Waals surface area contributed by atoms with Gasteiger partial charge in [0.05, 0.1) is 0 Å². The molecule has 2 aromatic heterocycles. The van der Waals surface area contributed by atoms with Crippen molar-refractivity contribution >= 4 is 0 Å². The normalized spacial score (nSPS) is 8.71. The van der Waals surface area contributed by atoms with Crippen LogP contribution in [0.5, 0.6) is 0 Å². The number of aromatic nitrogens is 2. The second-order valence-corrected chi connectivity index (χ2v) is 2.94. The van der Waals surface area contributed by atoms with Gasteiger partial charge in [-0.15, -0.1) is 0 Å². The van der Waals surface area contributed by atoms with Crippen molar-refractivity contribution in [3.8, 4) is 0 Å². The molecule has 2 heteroatoms. The maximum atomic E-state index is 3.98. The van der Waals surface area contributed by atoms with Crippen LogP contribution in [0.3, 0.4) is 0 Å². The van der Waals surface area contributed by atoms with Crippen molar-refractivity contribution < 1.29 is 0 Å². The molecule has 0 radical (unpaired) electrons. The molecule has 0 bridgehead atoms. The van der Waals surface area contributed by atoms with Gasteiger partial charge in [0, 0.05) is 23.8 Å². The SMILES string of the molecule is Cc1ccccn1.Cc1ccccn1. The number of hydrogen-bond donors (Lipinski definition) is 0. The van der Waals surface area contributed by atoms with Crippen LogP contribution in [0, 0.1) is 13.8 Å². The van der Waals surface area contributed by atoms with Crippen LogP contribution in [0.4, 0.5) is 0 Å². The van der Waals surface area contributed by atoms with E-state index in [-0.39, 0.29) is 0 Å². The third-order valence-corrected chi connectivity index (χ3v) is 1.63. The molecule has 0 aliphatic carbocycles. The predicted molar refractivity (Wildman–Crippen MR) is 57.9 cm³/mol. The minimum Gasteiger partial charge on any atom is -0.262 e. The Kier molecular flexibility index (Phi) is 4.35. The van der Waals surface area contributed by atoms with Crippen molar-refractivity contribution in [3.05, 3.63) is 60.2 Å². The van der Waals surface area contributed by atoms with Crippen LogP contribution < -0.4 is 0 Å². The second-order valence-electron chi connectivity index (χ2n) is 2.94. The largest absolute Gasteiger partial charge is 0.262 e. The molecule has 0 unspecified atom stereocenters. The lowest BCUT2D eigenvalue weighted by molar-refractivity contribution is 1.20. The van der Waals surface area contributed by atoms with Crippen LogP contribution >= 0.6 is 0 Å². The average Bonchev–Trinajstić information content (AvgIpc) is 2.21. The summed E-state index contributed by atoms with van der Waals surface area (Å²) in [6.45, 7) is 3.94. The second kappa shape index (κ2) is 5.86. The van der Waals surface area contributed by atoms with E-state index in [1.165, 1.54) is 0 Å². The van der Waals surface area contributed by atoms with E-state index >= 15 is 0 Å². The van der Waals surface area contributed by atoms with Gasteiger partial charge in [-0.3, -0.25) is 9.97 Å². The quantitative estimate of drug-likeness (QED) is 0.632. The van der Waals surface area contributed by atoms with Crippen molar-refractivity contribution in [2.24, 2.45) is 0 Å². The van der Waals surface area contributed by atoms with Crippen LogP contribution in [0.15, 0.2) is 48.8 Å². The van der Waals surface area contributed by atoms with Crippen molar-refractivity contribution in [3.63, 3.8) is 0 Å². The van der Waals surface area contributed by atoms with Crippen LogP contribution in [-0.4, -0.2) is 9.97 Å². The first kappa shape index (κ1) is 10.4. The Bertz CT molecular complexity index is 306. The van der Waals surface area contributed by atoms with Gasteiger partial charge in [0.15, 0.2) is 0 Å². The Hall–Kier alpha value is -1.70. The fourth-order valence-corrected chi connectivity index (χ4v) is 0.896. The molecule has 14 heavy (non-hydrogen) atoms. The molecule has 0 spiro atoms. The Morgan fingerprint density at radius 3 is 1.29 bits per heavy atom. The van der Waals surface area contributed by atoms with Crippen LogP contribution in [-0.2, 0) is 0 Å². The predicted octanol–water partition coefficient (Wildman–Crippen LogP) is 2.78. The van der Waals surface area contributed by atoms with Crippen LogP contribution in [0.2, 0.25) is 0 Å². The molecule has 0 amide bonds. The molecule has 0 atom stereocenters. The van der Waals surface area contributed by atoms with Crippen molar-refractivity contribution in [2.45, 2.75) is 13.8 Å². The van der Waals surface area contributed by atoms with Crippen LogP contribution in [0.1, 0.15) is 11.4 Å². The summed E-state index contributed by atoms with van der Waals surface area (Å²) in [5, 5.41) is 0. The molecule has 2 heterocycles. The number of hydrogen-bond acceptors (Lipinski definition) is 2. The third-order valence-electron chi connectivity index (χ3n) is 1.63. The Morgan fingerprint density at radius 2 is 1.14 bits per heavy atom. The van der Waals surface area contributed by atoms with E-state index in [1.807, 2.05) is 50.2 Å². The fraction of sp³-hybridized carbons (Fsp3) is 0.167. The summed E-state index contributed by atoms with van der Waals surface area (Å²) in [4.78, 5) is 7.96. The van der Waals surface area contributed by atoms with Gasteiger partial charge in [0.1, 0.15) is 0 Å². The number of pyridine rings is 2. The van der Waals surface area contributed by atoms with Gasteiger partial charge in [-0.05, 0) is 38.1 Å². The molecule has 2 rings (SSSR count). The third kappa shape index (κ3) is 4.36. The Balaban J connectivity index is 0.000000140. The minimum atomic E-state index is 1.07. The van der Waals surface area contributed by atoms with Gasteiger partial charge in [-0.1, -0.05) is 12.1 Å². The zero-order chi connectivity index (χ0) is 10.2. The molecular weight excluding hydrogens is 172 g/mol. The molecule has 72 valence electrons. The van der Waals surface area contributed by atoms with E-state index in [4.69, 9.17) is 0 Å². The molecule has 2 nitrogen and oxygen atoms in total. The topological polar surface area (TPSA) is 25.8 Å². The number of rotatable bonds is 0. The first-order valence-electron chi connectivity index (χ1n) is 4.54. The highest BCUT2D eigenvalue weighted by Crippen LogP contribution is 1.86. The summed E-state index contributed by atoms with van der Waals surface area (Å²) in [6, 6.07) is 11.7. The van der Waals surface area contributed by atoms with Gasteiger partial charge >= 0.3 is 0 Å². The summed E-state index contributed by atoms with van der Waals surface area (Å²) in [6.07, 6.45) is 3.57. The van der Waals surface area contributed by atoms with Crippen molar-refractivity contribution in [1.82, 2.24) is 9.97 Å². The van der Waals surface area contributed by atoms with E-state index in [1.54, 1.807) is 12.4 Å². The van der Waals surface area contributed by atoms with Gasteiger partial charge in [-0.2, -0.15) is 0 Å². The molecule has 0 aliphatic heterocycles. The Morgan fingerprint density at radius 1 is 0.714 bits per heavy atom. The summed E-state index contributed by atoms with van der Waals surface area (Å²) in [7, 11) is 0. The molecule has 0 N–H and O–H groups in total. The van der Waals surface area contributed by atoms with E-state index in [0.29, 0.717) is 0 Å². The van der Waals surface area contributed by atoms with Crippen molar-refractivity contribution in [1.29, 1.82) is 0 Å². The Labute approximate surface area is 84.7 Å². The minimum absolute atomic E-state index is 1.07. The van der Waals surface area contributed by atoms with Gasteiger partial charge < -0.3 is 0 Å². The van der Waals surface area contributed by atoms with Crippen molar-refractivity contribution in [2.75, 3.05) is 0 Å². The molecule has 0 aromatic carbocycles. The lowest BCUT2D eigenvalue weighted by atomic mass is 10.4. The molecule has 0 fully saturated rings. The first-order chi connectivity index (χ1) is 6.79. The highest BCUT2D eigenvalue weighted by atomic mass is 14.6. The zero-order valence-corrected chi connectivity index (χ0v) is 8.51. The monoisotopic (exact) mass is 186 g/mol. The first-order valence-corrected chi connectivity index (χ1v) is 4.54. The van der Waals surface area contributed by atoms with Gasteiger partial charge in [-0.25, -0.2) is 0 Å². The summed E-state index contributed by atoms with van der Waals surface area (Å²) >= 11 is 0. The standard InChI is InChI=1S/2C6H7N/c2*1-6-4-2-3-5-7-6/h2*2-5H,1H3. The smallest absolute Gasteiger partial charge is 0.0372 e. The lowest BCUT2D eigenvalue weighted by Crippen LogP contribution is -1.72. The molecule has 0 saturated carbocycles. The molecule has 2 aromatic rings. The maximum Gasteiger partial charge on any atom is 0.0372 e. The summed E-state index contributed by atoms with van der Waals surface area (Å²) < 4.78 is 0. The maximum absolute atomic E-state index is 3.98. The van der Waals surface area contributed by atoms with E-state index in [2.05, 4.69) is 9.97 Å². The number of nitrogens with zero attached hydrogens (tertiary/aromatic N) is 2. The van der Waals surface area contributed by atoms with Crippen LogP contribution in [0.25, 0.3) is 0 Å². The molecule has 0 aliphatic rings. The van der Waals surface area contributed by atoms with E-state index in [0.717, 1.165) is 11.4 Å². The fourth-order valence-electron chi connectivity index (χ4n) is 0.896. The lowest BCUT2D eigenvalue weighted by Gasteiger charge is -1.82. The van der Waals surface area contributed by atoms with Gasteiger partial charge in [0.25, 0.3) is 0 Å². The average molecular weight is 186 g/mol. The summed E-state index contributed by atoms with van der Waals surface area (Å²) in [5.74, 6) is 0. The highest BCUT2D eigenvalue weighted by Gasteiger charge is 1.74. The van der Waals surface area contributed by atoms with E-state index < -0.39 is 0 Å². The molecule has 0 saturated heterocycles. The number of aryl methyl sites for hydroxylation is 2. The van der Waals surface area contributed by atoms with E-state index in [9.17, 15) is 0 Å². The highest BCUT2D eigenvalue weighted by molar-refractivity contribution is 5.00.